The zero-order valence-electron chi connectivity index (χ0n) is 20.6. The topological polar surface area (TPSA) is 122 Å². The highest BCUT2D eigenvalue weighted by atomic mass is 35.5. The molecule has 0 saturated heterocycles. The normalized spacial score (nSPS) is 10.9. The second-order valence-electron chi connectivity index (χ2n) is 8.28. The molecule has 0 bridgehead atoms. The van der Waals surface area contributed by atoms with Gasteiger partial charge in [-0.25, -0.2) is 27.6 Å². The summed E-state index contributed by atoms with van der Waals surface area (Å²) >= 11 is 7.78. The molecule has 202 valence electrons. The van der Waals surface area contributed by atoms with Crippen molar-refractivity contribution >= 4 is 60.5 Å². The first kappa shape index (κ1) is 28.1. The predicted molar refractivity (Wildman–Crippen MR) is 151 cm³/mol. The van der Waals surface area contributed by atoms with E-state index in [1.165, 1.54) is 29.8 Å². The summed E-state index contributed by atoms with van der Waals surface area (Å²) in [5.41, 5.74) is 1.37. The van der Waals surface area contributed by atoms with Gasteiger partial charge in [0.15, 0.2) is 0 Å². The van der Waals surface area contributed by atoms with E-state index in [0.717, 1.165) is 21.3 Å². The summed E-state index contributed by atoms with van der Waals surface area (Å²) in [6, 6.07) is 12.7. The number of anilines is 2. The van der Waals surface area contributed by atoms with E-state index < -0.39 is 15.9 Å². The van der Waals surface area contributed by atoms with Gasteiger partial charge in [0.05, 0.1) is 27.6 Å². The molecule has 0 saturated carbocycles. The number of benzene rings is 2. The summed E-state index contributed by atoms with van der Waals surface area (Å²) in [5, 5.41) is 9.39. The standard InChI is InChI=1S/C26H23ClFN5O4S2/c1-39(35,36)11-10-30-26(34)29-9-3-6-20-14-21-24(31-16-32-25(21)38-20)33-19-7-8-23(22(27)13-19)37-15-17-4-2-5-18(28)12-17/h2,4-5,7-8,12-14,16H,9-11,15H2,1H3,(H2,29,30,34)(H,31,32,33). The fourth-order valence-electron chi connectivity index (χ4n) is 3.31. The first-order chi connectivity index (χ1) is 18.7. The lowest BCUT2D eigenvalue weighted by atomic mass is 10.2. The molecule has 0 aliphatic heterocycles. The Morgan fingerprint density at radius 3 is 2.77 bits per heavy atom. The number of nitrogens with zero attached hydrogens (tertiary/aromatic N) is 2. The molecule has 39 heavy (non-hydrogen) atoms. The zero-order chi connectivity index (χ0) is 27.8. The third-order valence-corrected chi connectivity index (χ3v) is 7.31. The Balaban J connectivity index is 1.36. The van der Waals surface area contributed by atoms with Crippen LogP contribution in [0.4, 0.5) is 20.7 Å². The fourth-order valence-corrected chi connectivity index (χ4v) is 4.89. The highest BCUT2D eigenvalue weighted by Gasteiger charge is 2.10. The summed E-state index contributed by atoms with van der Waals surface area (Å²) in [7, 11) is -3.14. The Morgan fingerprint density at radius 2 is 2.00 bits per heavy atom. The van der Waals surface area contributed by atoms with Crippen molar-refractivity contribution in [3.05, 3.63) is 76.1 Å². The Morgan fingerprint density at radius 1 is 1.15 bits per heavy atom. The van der Waals surface area contributed by atoms with Crippen LogP contribution in [-0.2, 0) is 16.4 Å². The van der Waals surface area contributed by atoms with Crippen LogP contribution >= 0.6 is 22.9 Å². The molecule has 0 unspecified atom stereocenters. The van der Waals surface area contributed by atoms with Crippen LogP contribution in [0.1, 0.15) is 10.4 Å². The molecule has 2 aromatic heterocycles. The summed E-state index contributed by atoms with van der Waals surface area (Å²) in [4.78, 5) is 21.8. The Hall–Kier alpha value is -3.92. The zero-order valence-corrected chi connectivity index (χ0v) is 23.0. The number of sulfone groups is 1. The van der Waals surface area contributed by atoms with Crippen molar-refractivity contribution in [1.29, 1.82) is 0 Å². The minimum atomic E-state index is -3.14. The van der Waals surface area contributed by atoms with Crippen molar-refractivity contribution in [3.8, 4) is 17.6 Å². The van der Waals surface area contributed by atoms with E-state index in [1.54, 1.807) is 30.3 Å². The van der Waals surface area contributed by atoms with Crippen LogP contribution in [0, 0.1) is 17.7 Å². The van der Waals surface area contributed by atoms with Gasteiger partial charge in [0.1, 0.15) is 45.0 Å². The van der Waals surface area contributed by atoms with Gasteiger partial charge in [-0.1, -0.05) is 35.6 Å². The largest absolute Gasteiger partial charge is 0.487 e. The molecular weight excluding hydrogens is 565 g/mol. The minimum absolute atomic E-state index is 0.0265. The van der Waals surface area contributed by atoms with Gasteiger partial charge in [-0.2, -0.15) is 0 Å². The molecule has 2 amide bonds. The number of nitrogens with one attached hydrogen (secondary N) is 3. The molecule has 4 aromatic rings. The molecule has 9 nitrogen and oxygen atoms in total. The maximum Gasteiger partial charge on any atom is 0.315 e. The minimum Gasteiger partial charge on any atom is -0.487 e. The van der Waals surface area contributed by atoms with Crippen LogP contribution in [0.25, 0.3) is 10.2 Å². The maximum absolute atomic E-state index is 13.4. The highest BCUT2D eigenvalue weighted by molar-refractivity contribution is 7.90. The van der Waals surface area contributed by atoms with Gasteiger partial charge >= 0.3 is 6.03 Å². The predicted octanol–water partition coefficient (Wildman–Crippen LogP) is 4.50. The van der Waals surface area contributed by atoms with Crippen molar-refractivity contribution < 1.29 is 22.3 Å². The van der Waals surface area contributed by atoms with Crippen LogP contribution < -0.4 is 20.7 Å². The molecule has 0 aliphatic rings. The third-order valence-electron chi connectivity index (χ3n) is 5.11. The molecule has 4 rings (SSSR count). The lowest BCUT2D eigenvalue weighted by Crippen LogP contribution is -2.38. The molecular formula is C26H23ClFN5O4S2. The second-order valence-corrected chi connectivity index (χ2v) is 12.0. The number of ether oxygens (including phenoxy) is 1. The quantitative estimate of drug-likeness (QED) is 0.246. The second kappa shape index (κ2) is 12.8. The van der Waals surface area contributed by atoms with Gasteiger partial charge in [-0.15, -0.1) is 11.3 Å². The number of thiophene rings is 1. The van der Waals surface area contributed by atoms with Crippen LogP contribution in [0.2, 0.25) is 5.02 Å². The number of carbonyl (C=O) groups excluding carboxylic acids is 1. The number of carbonyl (C=O) groups is 1. The lowest BCUT2D eigenvalue weighted by Gasteiger charge is -2.11. The summed E-state index contributed by atoms with van der Waals surface area (Å²) in [6.45, 7) is 0.291. The van der Waals surface area contributed by atoms with Crippen molar-refractivity contribution in [3.63, 3.8) is 0 Å². The van der Waals surface area contributed by atoms with Gasteiger partial charge in [0.25, 0.3) is 0 Å². The number of fused-ring (bicyclic) bond motifs is 1. The molecule has 0 spiro atoms. The van der Waals surface area contributed by atoms with Crippen molar-refractivity contribution in [1.82, 2.24) is 20.6 Å². The Kier molecular flexibility index (Phi) is 9.19. The molecule has 2 aromatic carbocycles. The molecule has 0 atom stereocenters. The number of halogens is 2. The lowest BCUT2D eigenvalue weighted by molar-refractivity contribution is 0.242. The van der Waals surface area contributed by atoms with Gasteiger partial charge in [-0.3, -0.25) is 0 Å². The monoisotopic (exact) mass is 587 g/mol. The Bertz CT molecular complexity index is 1670. The molecule has 13 heteroatoms. The molecule has 0 aliphatic carbocycles. The van der Waals surface area contributed by atoms with Crippen molar-refractivity contribution in [2.24, 2.45) is 0 Å². The van der Waals surface area contributed by atoms with Crippen LogP contribution in [0.5, 0.6) is 5.75 Å². The average molecular weight is 588 g/mol. The van der Waals surface area contributed by atoms with Gasteiger partial charge in [0.2, 0.25) is 0 Å². The highest BCUT2D eigenvalue weighted by Crippen LogP contribution is 2.33. The number of urea groups is 1. The molecule has 0 fully saturated rings. The fraction of sp³-hybridized carbons (Fsp3) is 0.192. The van der Waals surface area contributed by atoms with Crippen LogP contribution in [0.15, 0.2) is 54.9 Å². The Labute approximate surface area is 233 Å². The SMILES string of the molecule is CS(=O)(=O)CCNC(=O)NCC#Cc1cc2c(Nc3ccc(OCc4cccc(F)c4)c(Cl)c3)ncnc2s1. The molecule has 0 radical (unpaired) electrons. The number of aromatic nitrogens is 2. The van der Waals surface area contributed by atoms with Crippen LogP contribution in [-0.4, -0.2) is 49.5 Å². The average Bonchev–Trinajstić information content (AvgIpc) is 3.30. The number of hydrogen-bond donors (Lipinski definition) is 3. The van der Waals surface area contributed by atoms with E-state index in [-0.39, 0.29) is 31.3 Å². The summed E-state index contributed by atoms with van der Waals surface area (Å²) in [5.74, 6) is 6.41. The van der Waals surface area contributed by atoms with E-state index >= 15 is 0 Å². The summed E-state index contributed by atoms with van der Waals surface area (Å²) < 4.78 is 41.3. The van der Waals surface area contributed by atoms with Gasteiger partial charge in [0, 0.05) is 18.5 Å². The van der Waals surface area contributed by atoms with Gasteiger partial charge < -0.3 is 20.7 Å². The van der Waals surface area contributed by atoms with E-state index in [4.69, 9.17) is 16.3 Å². The van der Waals surface area contributed by atoms with Crippen molar-refractivity contribution in [2.45, 2.75) is 6.61 Å². The van der Waals surface area contributed by atoms with E-state index in [9.17, 15) is 17.6 Å². The number of hydrogen-bond acceptors (Lipinski definition) is 8. The third kappa shape index (κ3) is 8.54. The summed E-state index contributed by atoms with van der Waals surface area (Å²) in [6.07, 6.45) is 2.55. The maximum atomic E-state index is 13.4. The first-order valence-electron chi connectivity index (χ1n) is 11.5. The smallest absolute Gasteiger partial charge is 0.315 e. The number of rotatable bonds is 9. The van der Waals surface area contributed by atoms with Crippen LogP contribution in [0.3, 0.4) is 0 Å². The first-order valence-corrected chi connectivity index (χ1v) is 14.8. The van der Waals surface area contributed by atoms with E-state index in [2.05, 4.69) is 37.8 Å². The number of amides is 2. The van der Waals surface area contributed by atoms with E-state index in [0.29, 0.717) is 27.8 Å². The van der Waals surface area contributed by atoms with Gasteiger partial charge in [-0.05, 0) is 42.0 Å². The molecule has 2 heterocycles. The van der Waals surface area contributed by atoms with Crippen molar-refractivity contribution in [2.75, 3.05) is 30.4 Å². The molecule has 3 N–H and O–H groups in total. The van der Waals surface area contributed by atoms with E-state index in [1.807, 2.05) is 6.07 Å².